The van der Waals surface area contributed by atoms with Crippen molar-refractivity contribution in [3.63, 3.8) is 0 Å². The number of carbonyl (C=O) groups is 9. The summed E-state index contributed by atoms with van der Waals surface area (Å²) in [4.78, 5) is 121. The van der Waals surface area contributed by atoms with Crippen molar-refractivity contribution in [2.75, 3.05) is 26.2 Å². The van der Waals surface area contributed by atoms with Gasteiger partial charge in [0.2, 0.25) is 47.3 Å². The summed E-state index contributed by atoms with van der Waals surface area (Å²) in [6.45, 7) is 9.23. The molecule has 0 unspecified atom stereocenters. The Morgan fingerprint density at radius 1 is 0.750 bits per heavy atom. The third-order valence-corrected chi connectivity index (χ3v) is 9.33. The minimum Gasteiger partial charge on any atom is -0.480 e. The second kappa shape index (κ2) is 25.8. The van der Waals surface area contributed by atoms with Gasteiger partial charge in [-0.1, -0.05) is 41.5 Å². The number of hydrogen-bond acceptors (Lipinski definition) is 12. The van der Waals surface area contributed by atoms with Gasteiger partial charge in [0, 0.05) is 13.1 Å². The van der Waals surface area contributed by atoms with Crippen LogP contribution in [-0.4, -0.2) is 143 Å². The summed E-state index contributed by atoms with van der Waals surface area (Å²) in [5, 5.41) is 33.8. The average Bonchev–Trinajstić information content (AvgIpc) is 3.64. The molecule has 1 aliphatic heterocycles. The molecule has 0 aromatic rings. The Balaban J connectivity index is 3.01. The first-order chi connectivity index (χ1) is 28.0. The number of aliphatic imine (C=N–C) groups is 1. The van der Waals surface area contributed by atoms with Crippen LogP contribution in [0.1, 0.15) is 86.5 Å². The number of likely N-dealkylation sites (tertiary alicyclic amines) is 1. The Bertz CT molecular complexity index is 1550. The summed E-state index contributed by atoms with van der Waals surface area (Å²) in [7, 11) is 0. The monoisotopic (exact) mass is 854 g/mol. The zero-order chi connectivity index (χ0) is 45.9. The van der Waals surface area contributed by atoms with Gasteiger partial charge in [0.1, 0.15) is 36.3 Å². The van der Waals surface area contributed by atoms with Gasteiger partial charge in [0.15, 0.2) is 5.96 Å². The zero-order valence-corrected chi connectivity index (χ0v) is 35.3. The highest BCUT2D eigenvalue weighted by Crippen LogP contribution is 2.19. The van der Waals surface area contributed by atoms with E-state index in [0.29, 0.717) is 19.3 Å². The Morgan fingerprint density at radius 3 is 1.82 bits per heavy atom. The van der Waals surface area contributed by atoms with Gasteiger partial charge in [-0.3, -0.25) is 43.3 Å². The van der Waals surface area contributed by atoms with Crippen LogP contribution in [0.4, 0.5) is 0 Å². The SMILES string of the molecule is CC(C)C[C@H](NC(=O)[C@H](CO)NC(=O)[C@H](CC(C)C)NC(=O)[C@H](CC(N)=O)NC(=O)[C@@H](NC(=O)CNC(=O)[C@@H]1CCCN1C(=O)[C@@H](N)CCCN=C(N)N)C(C)C)C(=O)O. The third kappa shape index (κ3) is 18.6. The van der Waals surface area contributed by atoms with E-state index in [-0.39, 0.29) is 50.1 Å². The van der Waals surface area contributed by atoms with Crippen molar-refractivity contribution in [1.82, 2.24) is 36.8 Å². The van der Waals surface area contributed by atoms with Crippen LogP contribution in [-0.2, 0) is 43.2 Å². The second-order valence-electron chi connectivity index (χ2n) is 15.9. The molecule has 60 heavy (non-hydrogen) atoms. The fraction of sp³-hybridized carbons (Fsp3) is 0.730. The maximum atomic E-state index is 13.6. The van der Waals surface area contributed by atoms with Gasteiger partial charge in [0.25, 0.3) is 0 Å². The van der Waals surface area contributed by atoms with Crippen LogP contribution in [0, 0.1) is 17.8 Å². The summed E-state index contributed by atoms with van der Waals surface area (Å²) >= 11 is 0. The molecule has 0 aliphatic carbocycles. The molecule has 0 bridgehead atoms. The number of carboxylic acid groups (broad SMARTS) is 1. The summed E-state index contributed by atoms with van der Waals surface area (Å²) in [5.41, 5.74) is 22.1. The van der Waals surface area contributed by atoms with Crippen LogP contribution in [0.2, 0.25) is 0 Å². The molecule has 0 aromatic heterocycles. The number of carboxylic acids is 1. The predicted octanol–water partition coefficient (Wildman–Crippen LogP) is -4.40. The van der Waals surface area contributed by atoms with Crippen LogP contribution in [0.5, 0.6) is 0 Å². The van der Waals surface area contributed by atoms with Gasteiger partial charge >= 0.3 is 5.97 Å². The third-order valence-electron chi connectivity index (χ3n) is 9.33. The second-order valence-corrected chi connectivity index (χ2v) is 15.9. The number of aliphatic hydroxyl groups is 1. The largest absolute Gasteiger partial charge is 0.480 e. The highest BCUT2D eigenvalue weighted by molar-refractivity contribution is 5.98. The number of aliphatic hydroxyl groups excluding tert-OH is 1. The molecule has 1 aliphatic rings. The Hall–Kier alpha value is -5.58. The molecular weight excluding hydrogens is 788 g/mol. The van der Waals surface area contributed by atoms with Gasteiger partial charge in [0.05, 0.1) is 25.6 Å². The molecule has 1 fully saturated rings. The van der Waals surface area contributed by atoms with Crippen molar-refractivity contribution in [2.45, 2.75) is 129 Å². The predicted molar refractivity (Wildman–Crippen MR) is 218 cm³/mol. The molecule has 0 spiro atoms. The number of primary amides is 1. The van der Waals surface area contributed by atoms with E-state index in [1.807, 2.05) is 0 Å². The fourth-order valence-electron chi connectivity index (χ4n) is 6.28. The Labute approximate surface area is 349 Å². The van der Waals surface area contributed by atoms with Crippen LogP contribution < -0.4 is 54.8 Å². The van der Waals surface area contributed by atoms with Crippen molar-refractivity contribution >= 4 is 59.2 Å². The van der Waals surface area contributed by atoms with Gasteiger partial charge in [-0.05, 0) is 56.3 Å². The number of rotatable bonds is 26. The van der Waals surface area contributed by atoms with Gasteiger partial charge in [-0.2, -0.15) is 0 Å². The Kier molecular flexibility index (Phi) is 22.6. The quantitative estimate of drug-likeness (QED) is 0.0222. The molecule has 23 nitrogen and oxygen atoms in total. The summed E-state index contributed by atoms with van der Waals surface area (Å²) in [6.07, 6.45) is 0.942. The first-order valence-electron chi connectivity index (χ1n) is 20.0. The summed E-state index contributed by atoms with van der Waals surface area (Å²) < 4.78 is 0. The maximum Gasteiger partial charge on any atom is 0.326 e. The molecule has 7 atom stereocenters. The number of carbonyl (C=O) groups excluding carboxylic acids is 8. The normalized spacial score (nSPS) is 16.7. The molecule has 1 heterocycles. The van der Waals surface area contributed by atoms with E-state index in [2.05, 4.69) is 36.9 Å². The minimum atomic E-state index is -1.64. The molecule has 23 heteroatoms. The molecule has 8 amide bonds. The summed E-state index contributed by atoms with van der Waals surface area (Å²) in [5.74, 6) is -8.93. The van der Waals surface area contributed by atoms with E-state index in [4.69, 9.17) is 22.9 Å². The minimum absolute atomic E-state index is 0.00362. The Morgan fingerprint density at radius 2 is 1.28 bits per heavy atom. The lowest BCUT2D eigenvalue weighted by Gasteiger charge is -2.28. The van der Waals surface area contributed by atoms with E-state index in [1.165, 1.54) is 4.90 Å². The van der Waals surface area contributed by atoms with E-state index in [1.54, 1.807) is 41.5 Å². The maximum absolute atomic E-state index is 13.6. The highest BCUT2D eigenvalue weighted by atomic mass is 16.4. The molecule has 340 valence electrons. The van der Waals surface area contributed by atoms with Crippen LogP contribution in [0.25, 0.3) is 0 Å². The number of amides is 8. The van der Waals surface area contributed by atoms with Gasteiger partial charge in [-0.15, -0.1) is 0 Å². The fourth-order valence-corrected chi connectivity index (χ4v) is 6.28. The number of hydrogen-bond donors (Lipinski definition) is 12. The van der Waals surface area contributed by atoms with E-state index in [0.717, 1.165) is 0 Å². The molecule has 1 rings (SSSR count). The number of nitrogens with zero attached hydrogens (tertiary/aromatic N) is 2. The number of nitrogens with two attached hydrogens (primary N) is 4. The van der Waals surface area contributed by atoms with Gasteiger partial charge < -0.3 is 69.9 Å². The van der Waals surface area contributed by atoms with Crippen molar-refractivity contribution in [3.8, 4) is 0 Å². The first-order valence-corrected chi connectivity index (χ1v) is 20.0. The number of guanidine groups is 1. The van der Waals surface area contributed by atoms with Crippen LogP contribution in [0.3, 0.4) is 0 Å². The lowest BCUT2D eigenvalue weighted by Crippen LogP contribution is -2.60. The molecule has 0 saturated carbocycles. The lowest BCUT2D eigenvalue weighted by atomic mass is 10.0. The molecule has 1 saturated heterocycles. The zero-order valence-electron chi connectivity index (χ0n) is 35.3. The van der Waals surface area contributed by atoms with Crippen LogP contribution >= 0.6 is 0 Å². The van der Waals surface area contributed by atoms with E-state index < -0.39 is 121 Å². The smallest absolute Gasteiger partial charge is 0.326 e. The van der Waals surface area contributed by atoms with Crippen molar-refractivity contribution in [3.05, 3.63) is 0 Å². The van der Waals surface area contributed by atoms with Crippen LogP contribution in [0.15, 0.2) is 4.99 Å². The number of nitrogens with one attached hydrogen (secondary N) is 6. The molecular formula is C37H66N12O11. The van der Waals surface area contributed by atoms with Crippen molar-refractivity contribution < 1.29 is 53.4 Å². The average molecular weight is 855 g/mol. The number of aliphatic carboxylic acids is 1. The lowest BCUT2D eigenvalue weighted by molar-refractivity contribution is -0.143. The molecule has 0 radical (unpaired) electrons. The first kappa shape index (κ1) is 52.4. The molecule has 16 N–H and O–H groups in total. The topological polar surface area (TPSA) is 386 Å². The van der Waals surface area contributed by atoms with Gasteiger partial charge in [-0.25, -0.2) is 4.79 Å². The summed E-state index contributed by atoms with van der Waals surface area (Å²) in [6, 6.07) is -8.94. The van der Waals surface area contributed by atoms with E-state index >= 15 is 0 Å². The van der Waals surface area contributed by atoms with Crippen molar-refractivity contribution in [1.29, 1.82) is 0 Å². The van der Waals surface area contributed by atoms with E-state index in [9.17, 15) is 53.4 Å². The highest BCUT2D eigenvalue weighted by Gasteiger charge is 2.37. The standard InChI is InChI=1S/C37H66N12O11/c1-18(2)13-22(30(53)47-25(17-50)32(55)46-24(36(59)60)14-19(3)4)44-31(54)23(15-27(39)51)45-34(57)29(20(5)6)48-28(52)16-43-33(56)26-10-8-12-49(26)35(58)21(38)9-7-11-42-37(40)41/h18-26,29,50H,7-17,38H2,1-6H3,(H2,39,51)(H,43,56)(H,44,54)(H,45,57)(H,46,55)(H,47,53)(H,48,52)(H,59,60)(H4,40,41,42)/t21-,22-,23-,24-,25-,26-,29-/m0/s1. The molecule has 0 aromatic carbocycles. The van der Waals surface area contributed by atoms with Crippen molar-refractivity contribution in [2.24, 2.45) is 45.7 Å².